The lowest BCUT2D eigenvalue weighted by atomic mass is 10.2. The molecule has 126 valence electrons. The van der Waals surface area contributed by atoms with E-state index in [0.717, 1.165) is 47.6 Å². The maximum atomic E-state index is 6.04. The molecule has 0 saturated carbocycles. The molecule has 2 aromatic heterocycles. The lowest BCUT2D eigenvalue weighted by Crippen LogP contribution is -2.11. The molecule has 2 heterocycles. The molecule has 0 bridgehead atoms. The molecular formula is C19H18ClN5. The van der Waals surface area contributed by atoms with Crippen molar-refractivity contribution in [3.63, 3.8) is 0 Å². The third-order valence-corrected chi connectivity index (χ3v) is 4.52. The third-order valence-electron chi connectivity index (χ3n) is 4.29. The molecule has 0 unspecified atom stereocenters. The molecule has 0 saturated heterocycles. The Balaban J connectivity index is 1.55. The minimum absolute atomic E-state index is 0.675. The van der Waals surface area contributed by atoms with Gasteiger partial charge < -0.3 is 9.88 Å². The molecule has 1 N–H and O–H groups in total. The van der Waals surface area contributed by atoms with Crippen molar-refractivity contribution >= 4 is 39.4 Å². The zero-order valence-electron chi connectivity index (χ0n) is 13.9. The minimum atomic E-state index is 0.675. The van der Waals surface area contributed by atoms with E-state index in [1.54, 1.807) is 6.33 Å². The molecule has 4 aromatic rings. The summed E-state index contributed by atoms with van der Waals surface area (Å²) in [6.45, 7) is 3.80. The smallest absolute Gasteiger partial charge is 0.137 e. The summed E-state index contributed by atoms with van der Waals surface area (Å²) in [4.78, 5) is 13.4. The average Bonchev–Trinajstić information content (AvgIpc) is 2.99. The van der Waals surface area contributed by atoms with E-state index in [-0.39, 0.29) is 0 Å². The Morgan fingerprint density at radius 2 is 1.96 bits per heavy atom. The highest BCUT2D eigenvalue weighted by molar-refractivity contribution is 6.31. The SMILES string of the molecule is CCn1c(CCNc2ncnc3cc(Cl)ccc23)nc2ccccc21. The Kier molecular flexibility index (Phi) is 4.24. The lowest BCUT2D eigenvalue weighted by Gasteiger charge is -2.09. The average molecular weight is 352 g/mol. The summed E-state index contributed by atoms with van der Waals surface area (Å²) in [7, 11) is 0. The van der Waals surface area contributed by atoms with Crippen LogP contribution in [0, 0.1) is 0 Å². The number of nitrogens with one attached hydrogen (secondary N) is 1. The van der Waals surface area contributed by atoms with Gasteiger partial charge in [-0.1, -0.05) is 23.7 Å². The van der Waals surface area contributed by atoms with E-state index >= 15 is 0 Å². The minimum Gasteiger partial charge on any atom is -0.369 e. The topological polar surface area (TPSA) is 55.6 Å². The van der Waals surface area contributed by atoms with Crippen LogP contribution in [0.25, 0.3) is 21.9 Å². The number of rotatable bonds is 5. The van der Waals surface area contributed by atoms with Gasteiger partial charge in [0.15, 0.2) is 0 Å². The van der Waals surface area contributed by atoms with Crippen LogP contribution in [0.1, 0.15) is 12.7 Å². The van der Waals surface area contributed by atoms with E-state index in [9.17, 15) is 0 Å². The van der Waals surface area contributed by atoms with Gasteiger partial charge in [0, 0.05) is 29.9 Å². The molecule has 0 atom stereocenters. The highest BCUT2D eigenvalue weighted by Gasteiger charge is 2.09. The van der Waals surface area contributed by atoms with Crippen LogP contribution in [-0.2, 0) is 13.0 Å². The number of aromatic nitrogens is 4. The number of benzene rings is 2. The zero-order chi connectivity index (χ0) is 17.2. The van der Waals surface area contributed by atoms with E-state index < -0.39 is 0 Å². The van der Waals surface area contributed by atoms with E-state index in [2.05, 4.69) is 45.0 Å². The van der Waals surface area contributed by atoms with Crippen LogP contribution in [0.4, 0.5) is 5.82 Å². The van der Waals surface area contributed by atoms with Crippen LogP contribution in [0.15, 0.2) is 48.8 Å². The number of para-hydroxylation sites is 2. The molecule has 4 rings (SSSR count). The monoisotopic (exact) mass is 351 g/mol. The van der Waals surface area contributed by atoms with E-state index in [4.69, 9.17) is 16.6 Å². The van der Waals surface area contributed by atoms with Crippen LogP contribution in [0.5, 0.6) is 0 Å². The van der Waals surface area contributed by atoms with Crippen molar-refractivity contribution < 1.29 is 0 Å². The van der Waals surface area contributed by atoms with Crippen LogP contribution in [0.3, 0.4) is 0 Å². The number of imidazole rings is 1. The largest absolute Gasteiger partial charge is 0.369 e. The van der Waals surface area contributed by atoms with Gasteiger partial charge in [0.25, 0.3) is 0 Å². The fourth-order valence-electron chi connectivity index (χ4n) is 3.13. The highest BCUT2D eigenvalue weighted by Crippen LogP contribution is 2.22. The van der Waals surface area contributed by atoms with Gasteiger partial charge >= 0.3 is 0 Å². The molecule has 6 heteroatoms. The zero-order valence-corrected chi connectivity index (χ0v) is 14.7. The summed E-state index contributed by atoms with van der Waals surface area (Å²) in [6.07, 6.45) is 2.38. The normalized spacial score (nSPS) is 11.3. The van der Waals surface area contributed by atoms with Crippen molar-refractivity contribution in [3.05, 3.63) is 59.6 Å². The highest BCUT2D eigenvalue weighted by atomic mass is 35.5. The summed E-state index contributed by atoms with van der Waals surface area (Å²) >= 11 is 6.04. The molecule has 0 aliphatic heterocycles. The van der Waals surface area contributed by atoms with Crippen molar-refractivity contribution in [1.29, 1.82) is 0 Å². The number of nitrogens with zero attached hydrogens (tertiary/aromatic N) is 4. The van der Waals surface area contributed by atoms with Gasteiger partial charge in [0.2, 0.25) is 0 Å². The first kappa shape index (κ1) is 15.8. The Labute approximate surface area is 150 Å². The Hall–Kier alpha value is -2.66. The maximum absolute atomic E-state index is 6.04. The van der Waals surface area contributed by atoms with Crippen molar-refractivity contribution in [1.82, 2.24) is 19.5 Å². The second-order valence-electron chi connectivity index (χ2n) is 5.82. The molecule has 0 spiro atoms. The van der Waals surface area contributed by atoms with Crippen LogP contribution < -0.4 is 5.32 Å². The molecule has 2 aromatic carbocycles. The van der Waals surface area contributed by atoms with Crippen LogP contribution in [-0.4, -0.2) is 26.1 Å². The number of hydrogen-bond donors (Lipinski definition) is 1. The summed E-state index contributed by atoms with van der Waals surface area (Å²) in [5.41, 5.74) is 3.06. The summed E-state index contributed by atoms with van der Waals surface area (Å²) in [6, 6.07) is 13.9. The van der Waals surface area contributed by atoms with E-state index in [0.29, 0.717) is 5.02 Å². The first-order valence-corrected chi connectivity index (χ1v) is 8.72. The van der Waals surface area contributed by atoms with E-state index in [1.165, 1.54) is 5.52 Å². The van der Waals surface area contributed by atoms with Crippen LogP contribution >= 0.6 is 11.6 Å². The third kappa shape index (κ3) is 3.03. The van der Waals surface area contributed by atoms with Crippen molar-refractivity contribution in [3.8, 4) is 0 Å². The molecule has 25 heavy (non-hydrogen) atoms. The number of halogens is 1. The first-order chi connectivity index (χ1) is 12.3. The van der Waals surface area contributed by atoms with Gasteiger partial charge in [-0.3, -0.25) is 0 Å². The van der Waals surface area contributed by atoms with Crippen molar-refractivity contribution in [2.24, 2.45) is 0 Å². The predicted octanol–water partition coefficient (Wildman–Crippen LogP) is 4.31. The van der Waals surface area contributed by atoms with Gasteiger partial charge in [0.05, 0.1) is 16.6 Å². The second-order valence-corrected chi connectivity index (χ2v) is 6.26. The van der Waals surface area contributed by atoms with Gasteiger partial charge in [-0.15, -0.1) is 0 Å². The van der Waals surface area contributed by atoms with E-state index in [1.807, 2.05) is 24.3 Å². The van der Waals surface area contributed by atoms with Gasteiger partial charge in [-0.05, 0) is 37.3 Å². The maximum Gasteiger partial charge on any atom is 0.137 e. The Bertz CT molecular complexity index is 1040. The number of fused-ring (bicyclic) bond motifs is 2. The predicted molar refractivity (Wildman–Crippen MR) is 102 cm³/mol. The molecule has 0 fully saturated rings. The summed E-state index contributed by atoms with van der Waals surface area (Å²) in [5, 5.41) is 5.05. The summed E-state index contributed by atoms with van der Waals surface area (Å²) < 4.78 is 2.26. The molecule has 5 nitrogen and oxygen atoms in total. The van der Waals surface area contributed by atoms with Crippen molar-refractivity contribution in [2.75, 3.05) is 11.9 Å². The van der Waals surface area contributed by atoms with Crippen LogP contribution in [0.2, 0.25) is 5.02 Å². The molecule has 0 amide bonds. The molecular weight excluding hydrogens is 334 g/mol. The molecule has 0 aliphatic rings. The van der Waals surface area contributed by atoms with Gasteiger partial charge in [0.1, 0.15) is 18.0 Å². The quantitative estimate of drug-likeness (QED) is 0.582. The molecule has 0 aliphatic carbocycles. The molecule has 0 radical (unpaired) electrons. The lowest BCUT2D eigenvalue weighted by molar-refractivity contribution is 0.717. The first-order valence-electron chi connectivity index (χ1n) is 8.34. The van der Waals surface area contributed by atoms with Gasteiger partial charge in [-0.2, -0.15) is 0 Å². The second kappa shape index (κ2) is 6.69. The number of hydrogen-bond acceptors (Lipinski definition) is 4. The number of aryl methyl sites for hydroxylation is 1. The standard InChI is InChI=1S/C19H18ClN5/c1-2-25-17-6-4-3-5-15(17)24-18(25)9-10-21-19-14-8-7-13(20)11-16(14)22-12-23-19/h3-8,11-12H,2,9-10H2,1H3,(H,21,22,23). The fourth-order valence-corrected chi connectivity index (χ4v) is 3.30. The Morgan fingerprint density at radius 1 is 1.08 bits per heavy atom. The van der Waals surface area contributed by atoms with Crippen molar-refractivity contribution in [2.45, 2.75) is 19.9 Å². The number of anilines is 1. The fraction of sp³-hybridized carbons (Fsp3) is 0.211. The summed E-state index contributed by atoms with van der Waals surface area (Å²) in [5.74, 6) is 1.90. The Morgan fingerprint density at radius 3 is 2.84 bits per heavy atom. The van der Waals surface area contributed by atoms with Gasteiger partial charge in [-0.25, -0.2) is 15.0 Å².